The van der Waals surface area contributed by atoms with Gasteiger partial charge < -0.3 is 10.1 Å². The summed E-state index contributed by atoms with van der Waals surface area (Å²) in [5.74, 6) is 0.491. The normalized spacial score (nSPS) is 11.7. The molecule has 0 saturated heterocycles. The Bertz CT molecular complexity index is 446. The largest absolute Gasteiger partial charge is 0.497 e. The number of hydrogen-bond acceptors (Lipinski definition) is 3. The van der Waals surface area contributed by atoms with Crippen LogP contribution in [0, 0.1) is 11.3 Å². The molecule has 1 aromatic carbocycles. The van der Waals surface area contributed by atoms with Crippen LogP contribution in [-0.4, -0.2) is 19.1 Å². The Kier molecular flexibility index (Phi) is 5.87. The van der Waals surface area contributed by atoms with Gasteiger partial charge in [-0.25, -0.2) is 0 Å². The van der Waals surface area contributed by atoms with Gasteiger partial charge in [-0.1, -0.05) is 12.1 Å². The molecule has 19 heavy (non-hydrogen) atoms. The molecule has 4 heteroatoms. The third kappa shape index (κ3) is 5.01. The summed E-state index contributed by atoms with van der Waals surface area (Å²) in [6.45, 7) is 3.84. The van der Waals surface area contributed by atoms with E-state index in [1.807, 2.05) is 38.1 Å². The zero-order valence-corrected chi connectivity index (χ0v) is 11.6. The Hall–Kier alpha value is -2.02. The predicted molar refractivity (Wildman–Crippen MR) is 73.9 cm³/mol. The maximum absolute atomic E-state index is 11.6. The molecule has 1 aromatic rings. The standard InChI is InChI=1S/C15H20N2O2/c1-11(2)17-15(18)9-6-13(10-16)12-4-7-14(19-3)8-5-12/h4-5,7-8,11,13H,6,9H2,1-3H3,(H,17,18). The Morgan fingerprint density at radius 3 is 2.47 bits per heavy atom. The molecule has 0 aliphatic heterocycles. The number of ether oxygens (including phenoxy) is 1. The first-order valence-corrected chi connectivity index (χ1v) is 6.39. The van der Waals surface area contributed by atoms with Crippen molar-refractivity contribution in [1.82, 2.24) is 5.32 Å². The average Bonchev–Trinajstić information content (AvgIpc) is 2.39. The smallest absolute Gasteiger partial charge is 0.220 e. The van der Waals surface area contributed by atoms with Crippen molar-refractivity contribution in [3.8, 4) is 11.8 Å². The van der Waals surface area contributed by atoms with Gasteiger partial charge in [-0.3, -0.25) is 4.79 Å². The minimum atomic E-state index is -0.260. The van der Waals surface area contributed by atoms with Crippen molar-refractivity contribution in [3.05, 3.63) is 29.8 Å². The van der Waals surface area contributed by atoms with E-state index in [1.54, 1.807) is 7.11 Å². The van der Waals surface area contributed by atoms with E-state index in [-0.39, 0.29) is 17.9 Å². The Morgan fingerprint density at radius 1 is 1.37 bits per heavy atom. The quantitative estimate of drug-likeness (QED) is 0.855. The van der Waals surface area contributed by atoms with E-state index in [1.165, 1.54) is 0 Å². The van der Waals surface area contributed by atoms with Crippen LogP contribution in [0.2, 0.25) is 0 Å². The minimum Gasteiger partial charge on any atom is -0.497 e. The highest BCUT2D eigenvalue weighted by atomic mass is 16.5. The van der Waals surface area contributed by atoms with Crippen LogP contribution in [0.15, 0.2) is 24.3 Å². The first-order valence-electron chi connectivity index (χ1n) is 6.39. The molecule has 0 aliphatic carbocycles. The van der Waals surface area contributed by atoms with Crippen molar-refractivity contribution in [2.45, 2.75) is 38.6 Å². The van der Waals surface area contributed by atoms with Crippen molar-refractivity contribution in [1.29, 1.82) is 5.26 Å². The summed E-state index contributed by atoms with van der Waals surface area (Å²) in [5.41, 5.74) is 0.917. The molecule has 0 fully saturated rings. The van der Waals surface area contributed by atoms with Crippen LogP contribution in [0.25, 0.3) is 0 Å². The van der Waals surface area contributed by atoms with Gasteiger partial charge in [0, 0.05) is 12.5 Å². The van der Waals surface area contributed by atoms with Crippen molar-refractivity contribution >= 4 is 5.91 Å². The van der Waals surface area contributed by atoms with E-state index in [4.69, 9.17) is 4.74 Å². The summed E-state index contributed by atoms with van der Waals surface area (Å²) < 4.78 is 5.08. The van der Waals surface area contributed by atoms with Gasteiger partial charge in [0.15, 0.2) is 0 Å². The third-order valence-corrected chi connectivity index (χ3v) is 2.78. The highest BCUT2D eigenvalue weighted by Gasteiger charge is 2.13. The lowest BCUT2D eigenvalue weighted by Gasteiger charge is -2.11. The molecule has 1 atom stereocenters. The van der Waals surface area contributed by atoms with Gasteiger partial charge in [0.1, 0.15) is 5.75 Å². The number of amides is 1. The van der Waals surface area contributed by atoms with E-state index in [0.717, 1.165) is 11.3 Å². The number of nitrogens with one attached hydrogen (secondary N) is 1. The molecule has 4 nitrogen and oxygen atoms in total. The summed E-state index contributed by atoms with van der Waals surface area (Å²) in [7, 11) is 1.60. The molecule has 0 spiro atoms. The lowest BCUT2D eigenvalue weighted by atomic mass is 9.95. The molecule has 0 heterocycles. The number of benzene rings is 1. The number of hydrogen-bond donors (Lipinski definition) is 1. The number of rotatable bonds is 6. The molecular weight excluding hydrogens is 240 g/mol. The molecule has 0 bridgehead atoms. The lowest BCUT2D eigenvalue weighted by molar-refractivity contribution is -0.121. The fourth-order valence-corrected chi connectivity index (χ4v) is 1.81. The fourth-order valence-electron chi connectivity index (χ4n) is 1.81. The summed E-state index contributed by atoms with van der Waals surface area (Å²) in [6, 6.07) is 9.77. The maximum atomic E-state index is 11.6. The van der Waals surface area contributed by atoms with Gasteiger partial charge in [0.2, 0.25) is 5.91 Å². The van der Waals surface area contributed by atoms with Crippen LogP contribution >= 0.6 is 0 Å². The van der Waals surface area contributed by atoms with E-state index < -0.39 is 0 Å². The van der Waals surface area contributed by atoms with Crippen molar-refractivity contribution in [2.75, 3.05) is 7.11 Å². The van der Waals surface area contributed by atoms with Crippen LogP contribution in [0.5, 0.6) is 5.75 Å². The zero-order valence-electron chi connectivity index (χ0n) is 11.6. The summed E-state index contributed by atoms with van der Waals surface area (Å²) in [4.78, 5) is 11.6. The van der Waals surface area contributed by atoms with E-state index >= 15 is 0 Å². The Labute approximate surface area is 114 Å². The van der Waals surface area contributed by atoms with Crippen LogP contribution in [0.4, 0.5) is 0 Å². The molecule has 1 unspecified atom stereocenters. The molecule has 1 rings (SSSR count). The summed E-state index contributed by atoms with van der Waals surface area (Å²) in [6.07, 6.45) is 0.893. The maximum Gasteiger partial charge on any atom is 0.220 e. The van der Waals surface area contributed by atoms with Crippen LogP contribution < -0.4 is 10.1 Å². The van der Waals surface area contributed by atoms with Gasteiger partial charge in [-0.2, -0.15) is 5.26 Å². The second-order valence-corrected chi connectivity index (χ2v) is 4.72. The van der Waals surface area contributed by atoms with Crippen molar-refractivity contribution < 1.29 is 9.53 Å². The van der Waals surface area contributed by atoms with Gasteiger partial charge in [0.25, 0.3) is 0 Å². The molecule has 0 saturated carbocycles. The van der Waals surface area contributed by atoms with Crippen molar-refractivity contribution in [3.63, 3.8) is 0 Å². The van der Waals surface area contributed by atoms with Crippen LogP contribution in [0.1, 0.15) is 38.2 Å². The lowest BCUT2D eigenvalue weighted by Crippen LogP contribution is -2.30. The van der Waals surface area contributed by atoms with Crippen molar-refractivity contribution in [2.24, 2.45) is 0 Å². The average molecular weight is 260 g/mol. The molecule has 0 radical (unpaired) electrons. The molecule has 1 N–H and O–H groups in total. The monoisotopic (exact) mass is 260 g/mol. The molecule has 102 valence electrons. The van der Waals surface area contributed by atoms with E-state index in [2.05, 4.69) is 11.4 Å². The molecule has 0 aliphatic rings. The molecule has 0 aromatic heterocycles. The topological polar surface area (TPSA) is 62.1 Å². The van der Waals surface area contributed by atoms with E-state index in [9.17, 15) is 10.1 Å². The zero-order chi connectivity index (χ0) is 14.3. The highest BCUT2D eigenvalue weighted by Crippen LogP contribution is 2.22. The van der Waals surface area contributed by atoms with Crippen LogP contribution in [0.3, 0.4) is 0 Å². The second kappa shape index (κ2) is 7.42. The Morgan fingerprint density at radius 2 is 2.00 bits per heavy atom. The number of nitrogens with zero attached hydrogens (tertiary/aromatic N) is 1. The summed E-state index contributed by atoms with van der Waals surface area (Å²) >= 11 is 0. The highest BCUT2D eigenvalue weighted by molar-refractivity contribution is 5.76. The summed E-state index contributed by atoms with van der Waals surface area (Å²) in [5, 5.41) is 12.0. The Balaban J connectivity index is 2.58. The van der Waals surface area contributed by atoms with Crippen LogP contribution in [-0.2, 0) is 4.79 Å². The van der Waals surface area contributed by atoms with Gasteiger partial charge >= 0.3 is 0 Å². The third-order valence-electron chi connectivity index (χ3n) is 2.78. The number of nitriles is 1. The van der Waals surface area contributed by atoms with Gasteiger partial charge in [0.05, 0.1) is 19.1 Å². The number of carbonyl (C=O) groups is 1. The van der Waals surface area contributed by atoms with Gasteiger partial charge in [-0.15, -0.1) is 0 Å². The first-order chi connectivity index (χ1) is 9.06. The predicted octanol–water partition coefficient (Wildman–Crippen LogP) is 2.61. The number of carbonyl (C=O) groups excluding carboxylic acids is 1. The number of methoxy groups -OCH3 is 1. The molecular formula is C15H20N2O2. The van der Waals surface area contributed by atoms with E-state index in [0.29, 0.717) is 12.8 Å². The SMILES string of the molecule is COc1ccc(C(C#N)CCC(=O)NC(C)C)cc1. The minimum absolute atomic E-state index is 0.0104. The molecule has 1 amide bonds. The van der Waals surface area contributed by atoms with Gasteiger partial charge in [-0.05, 0) is 38.0 Å². The first kappa shape index (κ1) is 15.0. The fraction of sp³-hybridized carbons (Fsp3) is 0.467. The second-order valence-electron chi connectivity index (χ2n) is 4.72.